The molecule has 2 aliphatic rings. The average Bonchev–Trinajstić information content (AvgIpc) is 3.02. The van der Waals surface area contributed by atoms with Crippen molar-refractivity contribution in [1.82, 2.24) is 4.90 Å². The van der Waals surface area contributed by atoms with Crippen molar-refractivity contribution in [2.45, 2.75) is 45.0 Å². The molecule has 2 atom stereocenters. The number of likely N-dealkylation sites (tertiary alicyclic amines) is 1. The lowest BCUT2D eigenvalue weighted by atomic mass is 9.82. The van der Waals surface area contributed by atoms with Crippen LogP contribution in [0.3, 0.4) is 0 Å². The Hall–Kier alpha value is -2.26. The molecule has 0 bridgehead atoms. The molecule has 1 heterocycles. The zero-order chi connectivity index (χ0) is 20.4. The molecule has 152 valence electrons. The van der Waals surface area contributed by atoms with Crippen LogP contribution in [0.4, 0.5) is 0 Å². The molecule has 2 fully saturated rings. The molecule has 4 N–H and O–H groups in total. The number of phenols is 1. The largest absolute Gasteiger partial charge is 0.507 e. The lowest BCUT2D eigenvalue weighted by molar-refractivity contribution is -0.144. The summed E-state index contributed by atoms with van der Waals surface area (Å²) < 4.78 is 5.73. The van der Waals surface area contributed by atoms with Gasteiger partial charge in [-0.05, 0) is 49.6 Å². The Kier molecular flexibility index (Phi) is 6.15. The van der Waals surface area contributed by atoms with Crippen molar-refractivity contribution >= 4 is 19.0 Å². The fraction of sp³-hybridized carbons (Fsp3) is 0.579. The van der Waals surface area contributed by atoms with Crippen LogP contribution in [0.25, 0.3) is 0 Å². The minimum atomic E-state index is -1.54. The van der Waals surface area contributed by atoms with Crippen molar-refractivity contribution in [1.29, 1.82) is 0 Å². The first-order valence-corrected chi connectivity index (χ1v) is 9.66. The number of carbonyl (C=O) groups is 2. The predicted molar refractivity (Wildman–Crippen MR) is 101 cm³/mol. The monoisotopic (exact) mass is 391 g/mol. The van der Waals surface area contributed by atoms with E-state index in [0.29, 0.717) is 24.6 Å². The number of nitrogens with zero attached hydrogens (tertiary/aromatic N) is 1. The van der Waals surface area contributed by atoms with Crippen LogP contribution in [-0.2, 0) is 11.2 Å². The van der Waals surface area contributed by atoms with E-state index >= 15 is 0 Å². The van der Waals surface area contributed by atoms with Crippen LogP contribution in [0.1, 0.15) is 42.1 Å². The van der Waals surface area contributed by atoms with Gasteiger partial charge in [0.25, 0.3) is 0 Å². The molecule has 1 aromatic rings. The van der Waals surface area contributed by atoms with Gasteiger partial charge >= 0.3 is 13.1 Å². The van der Waals surface area contributed by atoms with Gasteiger partial charge < -0.3 is 29.9 Å². The van der Waals surface area contributed by atoms with E-state index in [0.717, 1.165) is 19.3 Å². The Labute approximate surface area is 163 Å². The molecule has 1 aliphatic carbocycles. The highest BCUT2D eigenvalue weighted by molar-refractivity contribution is 6.41. The lowest BCUT2D eigenvalue weighted by Crippen LogP contribution is -2.57. The van der Waals surface area contributed by atoms with Gasteiger partial charge in [-0.2, -0.15) is 0 Å². The second kappa shape index (κ2) is 8.40. The van der Waals surface area contributed by atoms with Crippen LogP contribution in [0, 0.1) is 11.8 Å². The number of carbonyl (C=O) groups excluding carboxylic acids is 1. The maximum atomic E-state index is 12.5. The number of amides is 1. The summed E-state index contributed by atoms with van der Waals surface area (Å²) in [7, 11) is -1.54. The van der Waals surface area contributed by atoms with Crippen molar-refractivity contribution in [3.05, 3.63) is 23.3 Å². The molecule has 1 saturated heterocycles. The summed E-state index contributed by atoms with van der Waals surface area (Å²) in [4.78, 5) is 25.8. The molecule has 1 aromatic carbocycles. The first-order chi connectivity index (χ1) is 13.3. The summed E-state index contributed by atoms with van der Waals surface area (Å²) in [5.41, 5.74) is -0.0436. The van der Waals surface area contributed by atoms with Crippen molar-refractivity contribution in [3.8, 4) is 11.5 Å². The number of ether oxygens (including phenoxy) is 1. The van der Waals surface area contributed by atoms with Crippen LogP contribution in [0.2, 0.25) is 6.32 Å². The van der Waals surface area contributed by atoms with Gasteiger partial charge in [-0.15, -0.1) is 0 Å². The first-order valence-electron chi connectivity index (χ1n) is 9.66. The van der Waals surface area contributed by atoms with E-state index < -0.39 is 18.8 Å². The van der Waals surface area contributed by atoms with Crippen LogP contribution in [-0.4, -0.2) is 63.3 Å². The predicted octanol–water partition coefficient (Wildman–Crippen LogP) is 1.13. The second-order valence-electron chi connectivity index (χ2n) is 7.87. The van der Waals surface area contributed by atoms with Gasteiger partial charge in [-0.1, -0.05) is 13.0 Å². The topological polar surface area (TPSA) is 128 Å². The van der Waals surface area contributed by atoms with Crippen LogP contribution in [0.5, 0.6) is 11.5 Å². The zero-order valence-electron chi connectivity index (χ0n) is 15.9. The minimum absolute atomic E-state index is 0.0215. The lowest BCUT2D eigenvalue weighted by Gasteiger charge is -2.40. The smallest absolute Gasteiger partial charge is 0.451 e. The number of carboxylic acid groups (broad SMARTS) is 1. The molecule has 1 aliphatic heterocycles. The highest BCUT2D eigenvalue weighted by atomic mass is 16.5. The van der Waals surface area contributed by atoms with Crippen molar-refractivity contribution in [2.75, 3.05) is 13.1 Å². The van der Waals surface area contributed by atoms with Crippen molar-refractivity contribution in [2.24, 2.45) is 11.8 Å². The summed E-state index contributed by atoms with van der Waals surface area (Å²) in [5, 5.41) is 37.7. The second-order valence-corrected chi connectivity index (χ2v) is 7.87. The number of rotatable bonds is 7. The molecule has 1 saturated carbocycles. The van der Waals surface area contributed by atoms with Gasteiger partial charge in [0.05, 0.1) is 13.1 Å². The van der Waals surface area contributed by atoms with E-state index in [2.05, 4.69) is 6.92 Å². The fourth-order valence-electron chi connectivity index (χ4n) is 3.97. The third kappa shape index (κ3) is 4.42. The van der Waals surface area contributed by atoms with E-state index in [-0.39, 0.29) is 42.0 Å². The molecule has 0 radical (unpaired) electrons. The number of carboxylic acids is 1. The SMILES string of the molecule is C[C@@H]1CC[C@H](C(=O)N2CC(Oc3ccc(CCB(O)O)c(O)c3C(=O)O)C2)C1. The summed E-state index contributed by atoms with van der Waals surface area (Å²) >= 11 is 0. The summed E-state index contributed by atoms with van der Waals surface area (Å²) in [6.45, 7) is 2.96. The first kappa shape index (κ1) is 20.5. The summed E-state index contributed by atoms with van der Waals surface area (Å²) in [5.74, 6) is -0.915. The normalized spacial score (nSPS) is 22.0. The number of aryl methyl sites for hydroxylation is 1. The van der Waals surface area contributed by atoms with Gasteiger partial charge in [0.2, 0.25) is 5.91 Å². The van der Waals surface area contributed by atoms with Crippen LogP contribution in [0.15, 0.2) is 12.1 Å². The number of benzene rings is 1. The molecule has 3 rings (SSSR count). The van der Waals surface area contributed by atoms with Gasteiger partial charge in [0.1, 0.15) is 23.2 Å². The van der Waals surface area contributed by atoms with Crippen LogP contribution < -0.4 is 4.74 Å². The summed E-state index contributed by atoms with van der Waals surface area (Å²) in [6.07, 6.45) is 2.70. The Bertz CT molecular complexity index is 748. The van der Waals surface area contributed by atoms with Gasteiger partial charge in [0.15, 0.2) is 0 Å². The molecule has 1 amide bonds. The van der Waals surface area contributed by atoms with E-state index in [1.807, 2.05) is 0 Å². The maximum Gasteiger partial charge on any atom is 0.451 e. The van der Waals surface area contributed by atoms with Gasteiger partial charge in [0, 0.05) is 5.92 Å². The third-order valence-electron chi connectivity index (χ3n) is 5.61. The third-order valence-corrected chi connectivity index (χ3v) is 5.61. The average molecular weight is 391 g/mol. The quantitative estimate of drug-likeness (QED) is 0.513. The number of hydrogen-bond acceptors (Lipinski definition) is 6. The Morgan fingerprint density at radius 3 is 2.54 bits per heavy atom. The molecular weight excluding hydrogens is 365 g/mol. The van der Waals surface area contributed by atoms with Gasteiger partial charge in [-0.3, -0.25) is 4.79 Å². The fourth-order valence-corrected chi connectivity index (χ4v) is 3.97. The Morgan fingerprint density at radius 1 is 1.25 bits per heavy atom. The van der Waals surface area contributed by atoms with Crippen molar-refractivity contribution in [3.63, 3.8) is 0 Å². The summed E-state index contributed by atoms with van der Waals surface area (Å²) in [6, 6.07) is 2.98. The number of aromatic hydroxyl groups is 1. The van der Waals surface area contributed by atoms with E-state index in [4.69, 9.17) is 14.8 Å². The standard InChI is InChI=1S/C19H26BNO7/c1-11-2-3-13(8-11)18(23)21-9-14(10-21)28-15-5-4-12(6-7-20(26)27)17(22)16(15)19(24)25/h4-5,11,13-14,22,26-27H,2-3,6-10H2,1H3,(H,24,25)/t11-,13+/m1/s1. The van der Waals surface area contributed by atoms with Gasteiger partial charge in [-0.25, -0.2) is 4.79 Å². The number of aromatic carboxylic acids is 1. The van der Waals surface area contributed by atoms with Crippen molar-refractivity contribution < 1.29 is 34.6 Å². The molecule has 9 heteroatoms. The zero-order valence-corrected chi connectivity index (χ0v) is 15.9. The highest BCUT2D eigenvalue weighted by Crippen LogP contribution is 2.35. The minimum Gasteiger partial charge on any atom is -0.507 e. The molecule has 0 unspecified atom stereocenters. The molecule has 28 heavy (non-hydrogen) atoms. The molecule has 8 nitrogen and oxygen atoms in total. The van der Waals surface area contributed by atoms with E-state index in [9.17, 15) is 19.8 Å². The molecule has 0 spiro atoms. The molecule has 0 aromatic heterocycles. The Morgan fingerprint density at radius 2 is 1.96 bits per heavy atom. The highest BCUT2D eigenvalue weighted by Gasteiger charge is 2.38. The number of hydrogen-bond donors (Lipinski definition) is 4. The maximum absolute atomic E-state index is 12.5. The molecular formula is C19H26BNO7. The van der Waals surface area contributed by atoms with E-state index in [1.54, 1.807) is 4.90 Å². The van der Waals surface area contributed by atoms with Crippen LogP contribution >= 0.6 is 0 Å². The Balaban J connectivity index is 1.62. The van der Waals surface area contributed by atoms with E-state index in [1.165, 1.54) is 12.1 Å².